The molecule has 0 radical (unpaired) electrons. The van der Waals surface area contributed by atoms with Crippen molar-refractivity contribution in [1.82, 2.24) is 45.6 Å². The Kier molecular flexibility index (Phi) is 14.7. The van der Waals surface area contributed by atoms with E-state index in [0.29, 0.717) is 17.9 Å². The maximum atomic E-state index is 13.3. The predicted octanol–water partition coefficient (Wildman–Crippen LogP) is 8.63. The topological polar surface area (TPSA) is 209 Å². The minimum atomic E-state index is -4.58. The van der Waals surface area contributed by atoms with Crippen molar-refractivity contribution in [3.8, 4) is 5.75 Å². The van der Waals surface area contributed by atoms with Gasteiger partial charge in [-0.15, -0.1) is 20.4 Å². The number of nitrogen functional groups attached to an aromatic ring is 2. The van der Waals surface area contributed by atoms with Crippen molar-refractivity contribution in [3.63, 3.8) is 0 Å². The normalized spacial score (nSPS) is 20.6. The smallest absolute Gasteiger partial charge is 0.434 e. The summed E-state index contributed by atoms with van der Waals surface area (Å²) in [7, 11) is 1.67. The predicted molar refractivity (Wildman–Crippen MR) is 247 cm³/mol. The van der Waals surface area contributed by atoms with E-state index in [1.807, 2.05) is 17.0 Å². The standard InChI is InChI=1S/C27H32F3N7OS.C18H22F3N7S/c1-17(18-7-9-19(38-2)10-8-18)33-21-6-3-11-26(21)12-15-37(16-13-26)25-34-23(31)24(35-36-25)39-20-5-4-14-32-22(20)27(28,29)30;19-18(20,21)13-11(3-2-8-24-13)29-15-14(23)25-16(27-26-15)28-9-6-17(7-10-28)5-1-4-12(17)22/h4-5,7-10,14,17,21,33H,3,6,11-13,15-16H2,1-2H3,(H2,31,34,36);2-3,8,12H,1,4-7,9-10,22H2,(H2,23,25,27)/t17-,21-;12-/m11/s1. The van der Waals surface area contributed by atoms with Crippen molar-refractivity contribution in [2.24, 2.45) is 16.6 Å². The zero-order valence-electron chi connectivity index (χ0n) is 37.6. The molecule has 15 nitrogen and oxygen atoms in total. The Morgan fingerprint density at radius 2 is 1.15 bits per heavy atom. The highest BCUT2D eigenvalue weighted by Crippen LogP contribution is 2.49. The zero-order valence-corrected chi connectivity index (χ0v) is 39.2. The lowest BCUT2D eigenvalue weighted by Gasteiger charge is -2.44. The van der Waals surface area contributed by atoms with Crippen LogP contribution < -0.4 is 37.1 Å². The van der Waals surface area contributed by atoms with Gasteiger partial charge in [0.05, 0.1) is 7.11 Å². The summed E-state index contributed by atoms with van der Waals surface area (Å²) in [6.07, 6.45) is 3.90. The summed E-state index contributed by atoms with van der Waals surface area (Å²) in [5, 5.41) is 20.6. The lowest BCUT2D eigenvalue weighted by atomic mass is 9.73. The Morgan fingerprint density at radius 3 is 1.59 bits per heavy atom. The van der Waals surface area contributed by atoms with Crippen LogP contribution in [0.2, 0.25) is 0 Å². The van der Waals surface area contributed by atoms with Gasteiger partial charge in [0.2, 0.25) is 11.9 Å². The maximum Gasteiger partial charge on any atom is 0.434 e. The van der Waals surface area contributed by atoms with Crippen LogP contribution in [0.1, 0.15) is 94.1 Å². The number of hydrogen-bond acceptors (Lipinski definition) is 17. The van der Waals surface area contributed by atoms with Crippen molar-refractivity contribution in [3.05, 3.63) is 77.9 Å². The van der Waals surface area contributed by atoms with E-state index in [1.54, 1.807) is 7.11 Å². The number of methoxy groups -OCH3 is 1. The summed E-state index contributed by atoms with van der Waals surface area (Å²) < 4.78 is 84.7. The van der Waals surface area contributed by atoms with Crippen molar-refractivity contribution in [2.75, 3.05) is 54.6 Å². The number of halogens is 6. The second-order valence-corrected chi connectivity index (χ2v) is 19.9. The van der Waals surface area contributed by atoms with E-state index in [2.05, 4.69) is 69.6 Å². The summed E-state index contributed by atoms with van der Waals surface area (Å²) in [4.78, 5) is 19.5. The average molecular weight is 985 g/mol. The highest BCUT2D eigenvalue weighted by molar-refractivity contribution is 7.99. The van der Waals surface area contributed by atoms with E-state index in [4.69, 9.17) is 21.9 Å². The molecule has 0 bridgehead atoms. The number of ether oxygens (including phenoxy) is 1. The molecule has 1 aromatic carbocycles. The van der Waals surface area contributed by atoms with Crippen LogP contribution in [-0.2, 0) is 12.4 Å². The third-order valence-corrected chi connectivity index (χ3v) is 15.9. The van der Waals surface area contributed by atoms with Crippen LogP contribution in [-0.4, -0.2) is 85.7 Å². The van der Waals surface area contributed by atoms with Crippen molar-refractivity contribution >= 4 is 47.1 Å². The molecule has 5 aromatic rings. The molecular weight excluding hydrogens is 931 g/mol. The van der Waals surface area contributed by atoms with Crippen LogP contribution >= 0.6 is 23.5 Å². The van der Waals surface area contributed by atoms with Gasteiger partial charge in [-0.3, -0.25) is 9.97 Å². The molecule has 4 aromatic heterocycles. The number of pyridine rings is 2. The Hall–Kier alpha value is -5.26. The molecule has 0 amide bonds. The number of alkyl halides is 6. The average Bonchev–Trinajstić information content (AvgIpc) is 3.88. The molecule has 364 valence electrons. The van der Waals surface area contributed by atoms with E-state index >= 15 is 0 Å². The monoisotopic (exact) mass is 984 g/mol. The fraction of sp³-hybridized carbons (Fsp3) is 0.511. The third kappa shape index (κ3) is 10.9. The molecule has 6 heterocycles. The largest absolute Gasteiger partial charge is 0.497 e. The molecule has 2 saturated heterocycles. The van der Waals surface area contributed by atoms with Crippen molar-refractivity contribution in [2.45, 2.75) is 121 Å². The lowest BCUT2D eigenvalue weighted by Crippen LogP contribution is -2.49. The van der Waals surface area contributed by atoms with Crippen molar-refractivity contribution in [1.29, 1.82) is 0 Å². The number of nitrogens with one attached hydrogen (secondary N) is 1. The van der Waals surface area contributed by atoms with Gasteiger partial charge in [0.1, 0.15) is 5.75 Å². The second-order valence-electron chi connectivity index (χ2n) is 17.8. The zero-order chi connectivity index (χ0) is 48.3. The molecule has 4 fully saturated rings. The third-order valence-electron chi connectivity index (χ3n) is 13.9. The Labute approximate surface area is 398 Å². The molecular formula is C45H54F6N14OS2. The molecule has 3 atom stereocenters. The Bertz CT molecular complexity index is 2510. The summed E-state index contributed by atoms with van der Waals surface area (Å²) in [5.41, 5.74) is 18.1. The van der Waals surface area contributed by atoms with Gasteiger partial charge < -0.3 is 37.1 Å². The number of piperidine rings is 2. The summed E-state index contributed by atoms with van der Waals surface area (Å²) in [6, 6.07) is 14.6. The van der Waals surface area contributed by atoms with E-state index in [0.717, 1.165) is 113 Å². The fourth-order valence-corrected chi connectivity index (χ4v) is 11.7. The van der Waals surface area contributed by atoms with E-state index < -0.39 is 23.7 Å². The lowest BCUT2D eigenvalue weighted by molar-refractivity contribution is -0.144. The molecule has 2 aliphatic carbocycles. The van der Waals surface area contributed by atoms with Gasteiger partial charge >= 0.3 is 12.4 Å². The first-order chi connectivity index (χ1) is 32.5. The van der Waals surface area contributed by atoms with Crippen LogP contribution in [0.4, 0.5) is 49.9 Å². The van der Waals surface area contributed by atoms with E-state index in [-0.39, 0.29) is 54.4 Å². The first-order valence-corrected chi connectivity index (χ1v) is 24.2. The number of benzene rings is 1. The van der Waals surface area contributed by atoms with Gasteiger partial charge in [0.15, 0.2) is 33.1 Å². The van der Waals surface area contributed by atoms with Gasteiger partial charge in [0.25, 0.3) is 0 Å². The quantitative estimate of drug-likeness (QED) is 0.0966. The molecule has 9 rings (SSSR count). The first-order valence-electron chi connectivity index (χ1n) is 22.5. The molecule has 4 aliphatic rings. The summed E-state index contributed by atoms with van der Waals surface area (Å²) in [6.45, 7) is 5.27. The Balaban J connectivity index is 0.000000192. The number of anilines is 4. The fourth-order valence-electron chi connectivity index (χ4n) is 10.0. The van der Waals surface area contributed by atoms with Gasteiger partial charge in [-0.2, -0.15) is 36.3 Å². The molecule has 23 heteroatoms. The van der Waals surface area contributed by atoms with Crippen LogP contribution in [0, 0.1) is 10.8 Å². The number of rotatable bonds is 10. The van der Waals surface area contributed by atoms with Crippen molar-refractivity contribution < 1.29 is 31.1 Å². The number of nitrogens with zero attached hydrogens (tertiary/aromatic N) is 10. The highest BCUT2D eigenvalue weighted by Gasteiger charge is 2.46. The van der Waals surface area contributed by atoms with Gasteiger partial charge in [-0.1, -0.05) is 48.5 Å². The molecule has 68 heavy (non-hydrogen) atoms. The molecule has 7 N–H and O–H groups in total. The first kappa shape index (κ1) is 49.2. The summed E-state index contributed by atoms with van der Waals surface area (Å²) >= 11 is 1.53. The van der Waals surface area contributed by atoms with Gasteiger partial charge in [-0.05, 0) is 111 Å². The minimum absolute atomic E-state index is 0.0508. The number of nitrogens with two attached hydrogens (primary N) is 3. The van der Waals surface area contributed by atoms with Crippen LogP contribution in [0.5, 0.6) is 5.75 Å². The van der Waals surface area contributed by atoms with Crippen LogP contribution in [0.15, 0.2) is 80.8 Å². The maximum absolute atomic E-state index is 13.3. The molecule has 0 unspecified atom stereocenters. The van der Waals surface area contributed by atoms with Crippen LogP contribution in [0.25, 0.3) is 0 Å². The van der Waals surface area contributed by atoms with Gasteiger partial charge in [-0.25, -0.2) is 0 Å². The highest BCUT2D eigenvalue weighted by atomic mass is 32.2. The van der Waals surface area contributed by atoms with E-state index in [9.17, 15) is 26.3 Å². The number of aromatic nitrogens is 8. The molecule has 2 aliphatic heterocycles. The van der Waals surface area contributed by atoms with Crippen LogP contribution in [0.3, 0.4) is 0 Å². The minimum Gasteiger partial charge on any atom is -0.497 e. The van der Waals surface area contributed by atoms with Gasteiger partial charge in [0, 0.05) is 66.5 Å². The molecule has 2 spiro atoms. The molecule has 2 saturated carbocycles. The number of hydrogen-bond donors (Lipinski definition) is 4. The Morgan fingerprint density at radius 1 is 0.676 bits per heavy atom. The second kappa shape index (κ2) is 20.4. The van der Waals surface area contributed by atoms with E-state index in [1.165, 1.54) is 49.1 Å². The SMILES string of the molecule is COc1ccc([C@@H](C)N[C@@H]2CCCC23CCN(c2nnc(Sc4cccnc4C(F)(F)F)c(N)n2)CC3)cc1.Nc1nc(N2CCC3(CCC[C@H]3N)CC2)nnc1Sc1cccnc1C(F)(F)F. The summed E-state index contributed by atoms with van der Waals surface area (Å²) in [5.74, 6) is 1.76.